The maximum atomic E-state index is 14.8. The Balaban J connectivity index is 1.39. The first-order valence-electron chi connectivity index (χ1n) is 11.7. The Morgan fingerprint density at radius 2 is 1.86 bits per heavy atom. The minimum atomic E-state index is -0.522. The summed E-state index contributed by atoms with van der Waals surface area (Å²) in [5.41, 5.74) is 3.34. The molecular weight excluding hydrogens is 447 g/mol. The Kier molecular flexibility index (Phi) is 6.16. The van der Waals surface area contributed by atoms with E-state index in [4.69, 9.17) is 4.74 Å². The number of anilines is 2. The summed E-state index contributed by atoms with van der Waals surface area (Å²) < 4.78 is 22.0. The molecule has 0 unspecified atom stereocenters. The normalized spacial score (nSPS) is 15.0. The van der Waals surface area contributed by atoms with Crippen LogP contribution in [0.2, 0.25) is 0 Å². The highest BCUT2D eigenvalue weighted by Crippen LogP contribution is 2.32. The van der Waals surface area contributed by atoms with Crippen LogP contribution in [0.25, 0.3) is 22.3 Å². The number of nitrogens with one attached hydrogen (secondary N) is 1. The highest BCUT2D eigenvalue weighted by Gasteiger charge is 2.24. The van der Waals surface area contributed by atoms with Gasteiger partial charge in [-0.2, -0.15) is 5.10 Å². The predicted octanol–water partition coefficient (Wildman–Crippen LogP) is 3.83. The maximum absolute atomic E-state index is 14.8. The number of hydrogen-bond donors (Lipinski definition) is 1. The van der Waals surface area contributed by atoms with E-state index < -0.39 is 5.82 Å². The Morgan fingerprint density at radius 1 is 1.06 bits per heavy atom. The summed E-state index contributed by atoms with van der Waals surface area (Å²) in [6, 6.07) is 5.79. The van der Waals surface area contributed by atoms with Gasteiger partial charge in [-0.1, -0.05) is 26.8 Å². The molecule has 1 fully saturated rings. The fourth-order valence-corrected chi connectivity index (χ4v) is 4.45. The molecule has 4 aromatic heterocycles. The molecule has 0 saturated carbocycles. The van der Waals surface area contributed by atoms with Gasteiger partial charge in [-0.15, -0.1) is 0 Å². The third-order valence-corrected chi connectivity index (χ3v) is 5.99. The van der Waals surface area contributed by atoms with Gasteiger partial charge in [0.15, 0.2) is 11.5 Å². The first kappa shape index (κ1) is 23.3. The molecule has 0 spiro atoms. The highest BCUT2D eigenvalue weighted by molar-refractivity contribution is 5.83. The molecule has 5 heterocycles. The molecule has 1 aliphatic rings. The van der Waals surface area contributed by atoms with Crippen LogP contribution in [-0.4, -0.2) is 60.9 Å². The van der Waals surface area contributed by atoms with Crippen LogP contribution in [0.15, 0.2) is 36.8 Å². The molecule has 182 valence electrons. The van der Waals surface area contributed by atoms with Crippen LogP contribution in [0.3, 0.4) is 0 Å². The van der Waals surface area contributed by atoms with Crippen LogP contribution in [0.4, 0.5) is 16.2 Å². The molecule has 1 saturated heterocycles. The topological polar surface area (TPSA) is 93.9 Å². The van der Waals surface area contributed by atoms with E-state index in [0.29, 0.717) is 17.0 Å². The van der Waals surface area contributed by atoms with Crippen LogP contribution in [-0.2, 0) is 23.7 Å². The van der Waals surface area contributed by atoms with Crippen LogP contribution >= 0.6 is 0 Å². The Morgan fingerprint density at radius 3 is 2.57 bits per heavy atom. The Hall–Kier alpha value is -3.50. The molecule has 0 radical (unpaired) electrons. The molecule has 1 N–H and O–H groups in total. The van der Waals surface area contributed by atoms with Crippen LogP contribution in [0, 0.1) is 5.82 Å². The van der Waals surface area contributed by atoms with Gasteiger partial charge in [-0.3, -0.25) is 9.58 Å². The minimum absolute atomic E-state index is 0.152. The van der Waals surface area contributed by atoms with Gasteiger partial charge in [0.25, 0.3) is 0 Å². The summed E-state index contributed by atoms with van der Waals surface area (Å²) in [7, 11) is 1.90. The lowest BCUT2D eigenvalue weighted by Gasteiger charge is -2.26. The van der Waals surface area contributed by atoms with Gasteiger partial charge in [0, 0.05) is 55.4 Å². The first-order valence-corrected chi connectivity index (χ1v) is 11.7. The van der Waals surface area contributed by atoms with E-state index in [1.807, 2.05) is 36.1 Å². The molecule has 35 heavy (non-hydrogen) atoms. The molecule has 1 aliphatic heterocycles. The smallest absolute Gasteiger partial charge is 0.229 e. The largest absolute Gasteiger partial charge is 0.379 e. The average Bonchev–Trinajstić information content (AvgIpc) is 3.17. The molecule has 0 bridgehead atoms. The summed E-state index contributed by atoms with van der Waals surface area (Å²) >= 11 is 0. The van der Waals surface area contributed by atoms with Gasteiger partial charge in [-0.05, 0) is 17.7 Å². The van der Waals surface area contributed by atoms with Crippen molar-refractivity contribution in [1.82, 2.24) is 34.6 Å². The number of aryl methyl sites for hydroxylation is 1. The quantitative estimate of drug-likeness (QED) is 0.465. The zero-order valence-electron chi connectivity index (χ0n) is 20.4. The van der Waals surface area contributed by atoms with Crippen molar-refractivity contribution in [3.63, 3.8) is 0 Å². The fourth-order valence-electron chi connectivity index (χ4n) is 4.45. The van der Waals surface area contributed by atoms with Crippen molar-refractivity contribution < 1.29 is 9.13 Å². The number of pyridine rings is 2. The number of morpholine rings is 1. The number of halogens is 1. The van der Waals surface area contributed by atoms with E-state index in [1.165, 1.54) is 0 Å². The van der Waals surface area contributed by atoms with E-state index >= 15 is 0 Å². The molecule has 10 heteroatoms. The molecule has 9 nitrogen and oxygen atoms in total. The van der Waals surface area contributed by atoms with Crippen molar-refractivity contribution in [2.45, 2.75) is 32.7 Å². The number of rotatable bonds is 5. The van der Waals surface area contributed by atoms with Gasteiger partial charge >= 0.3 is 0 Å². The third-order valence-electron chi connectivity index (χ3n) is 5.99. The Bertz CT molecular complexity index is 1340. The molecule has 5 rings (SSSR count). The Labute approximate surface area is 203 Å². The number of ether oxygens (including phenoxy) is 1. The van der Waals surface area contributed by atoms with Crippen molar-refractivity contribution in [2.75, 3.05) is 31.6 Å². The second-order valence-corrected chi connectivity index (χ2v) is 9.77. The van der Waals surface area contributed by atoms with Crippen molar-refractivity contribution in [1.29, 1.82) is 0 Å². The summed E-state index contributed by atoms with van der Waals surface area (Å²) in [4.78, 5) is 19.8. The summed E-state index contributed by atoms with van der Waals surface area (Å²) in [5.74, 6) is 0.327. The number of hydrogen-bond acceptors (Lipinski definition) is 8. The first-order chi connectivity index (χ1) is 16.8. The monoisotopic (exact) mass is 476 g/mol. The molecule has 0 aliphatic carbocycles. The standard InChI is InChI=1S/C25H29FN8O/c1-25(2,3)22-18-11-17(13-28-23(18)32-33(22)4)21-19(26)14-29-24(31-21)30-20-6-5-16(12-27-20)15-34-7-9-35-10-8-34/h5-6,11-14H,7-10,15H2,1-4H3,(H,27,29,30,31). The second kappa shape index (κ2) is 9.27. The van der Waals surface area contributed by atoms with Gasteiger partial charge < -0.3 is 10.1 Å². The lowest BCUT2D eigenvalue weighted by Crippen LogP contribution is -2.35. The van der Waals surface area contributed by atoms with Crippen molar-refractivity contribution in [3.8, 4) is 11.3 Å². The van der Waals surface area contributed by atoms with E-state index in [2.05, 4.69) is 56.0 Å². The minimum Gasteiger partial charge on any atom is -0.379 e. The summed E-state index contributed by atoms with van der Waals surface area (Å²) in [6.45, 7) is 10.5. The van der Waals surface area contributed by atoms with E-state index in [0.717, 1.165) is 55.7 Å². The predicted molar refractivity (Wildman–Crippen MR) is 132 cm³/mol. The highest BCUT2D eigenvalue weighted by atomic mass is 19.1. The van der Waals surface area contributed by atoms with Crippen molar-refractivity contribution in [3.05, 3.63) is 53.9 Å². The lowest BCUT2D eigenvalue weighted by atomic mass is 9.89. The lowest BCUT2D eigenvalue weighted by molar-refractivity contribution is 0.0341. The zero-order chi connectivity index (χ0) is 24.6. The molecule has 0 amide bonds. The van der Waals surface area contributed by atoms with Gasteiger partial charge in [0.05, 0.1) is 25.1 Å². The van der Waals surface area contributed by atoms with E-state index in [9.17, 15) is 4.39 Å². The summed E-state index contributed by atoms with van der Waals surface area (Å²) in [6.07, 6.45) is 4.59. The van der Waals surface area contributed by atoms with Gasteiger partial charge in [0.2, 0.25) is 5.95 Å². The number of fused-ring (bicyclic) bond motifs is 1. The van der Waals surface area contributed by atoms with Crippen molar-refractivity contribution in [2.24, 2.45) is 7.05 Å². The molecule has 0 aromatic carbocycles. The zero-order valence-corrected chi connectivity index (χ0v) is 20.4. The number of nitrogens with zero attached hydrogens (tertiary/aromatic N) is 7. The van der Waals surface area contributed by atoms with Crippen LogP contribution < -0.4 is 5.32 Å². The summed E-state index contributed by atoms with van der Waals surface area (Å²) in [5, 5.41) is 8.46. The molecule has 0 atom stereocenters. The number of aromatic nitrogens is 6. The average molecular weight is 477 g/mol. The van der Waals surface area contributed by atoms with Gasteiger partial charge in [-0.25, -0.2) is 24.3 Å². The van der Waals surface area contributed by atoms with Gasteiger partial charge in [0.1, 0.15) is 11.5 Å². The third kappa shape index (κ3) is 4.98. The van der Waals surface area contributed by atoms with Crippen molar-refractivity contribution >= 4 is 22.8 Å². The molecule has 4 aromatic rings. The van der Waals surface area contributed by atoms with E-state index in [1.54, 1.807) is 6.20 Å². The van der Waals surface area contributed by atoms with E-state index in [-0.39, 0.29) is 17.1 Å². The molecular formula is C25H29FN8O. The second-order valence-electron chi connectivity index (χ2n) is 9.77. The maximum Gasteiger partial charge on any atom is 0.229 e. The SMILES string of the molecule is Cn1nc2ncc(-c3nc(Nc4ccc(CN5CCOCC5)cn4)ncc3F)cc2c1C(C)(C)C. The fraction of sp³-hybridized carbons (Fsp3) is 0.400. The van der Waals surface area contributed by atoms with Crippen LogP contribution in [0.1, 0.15) is 32.0 Å². The van der Waals surface area contributed by atoms with Crippen LogP contribution in [0.5, 0.6) is 0 Å².